The molecular weight excluding hydrogens is 458 g/mol. The maximum atomic E-state index is 13.4. The highest BCUT2D eigenvalue weighted by Gasteiger charge is 2.51. The van der Waals surface area contributed by atoms with Gasteiger partial charge < -0.3 is 19.4 Å². The van der Waals surface area contributed by atoms with Gasteiger partial charge in [-0.1, -0.05) is 49.4 Å². The molecule has 0 saturated carbocycles. The van der Waals surface area contributed by atoms with E-state index in [9.17, 15) is 14.4 Å². The van der Waals surface area contributed by atoms with Gasteiger partial charge in [-0.2, -0.15) is 0 Å². The van der Waals surface area contributed by atoms with Gasteiger partial charge in [0.05, 0.1) is 13.1 Å². The number of amides is 3. The smallest absolute Gasteiger partial charge is 0.325 e. The van der Waals surface area contributed by atoms with Crippen molar-refractivity contribution in [1.29, 1.82) is 0 Å². The summed E-state index contributed by atoms with van der Waals surface area (Å²) in [6, 6.07) is 17.9. The highest BCUT2D eigenvalue weighted by molar-refractivity contribution is 6.11. The van der Waals surface area contributed by atoms with Crippen LogP contribution in [-0.2, 0) is 16.9 Å². The zero-order chi connectivity index (χ0) is 25.4. The summed E-state index contributed by atoms with van der Waals surface area (Å²) in [6.07, 6.45) is 0.169. The first kappa shape index (κ1) is 23.7. The Labute approximate surface area is 209 Å². The third kappa shape index (κ3) is 3.92. The topological polar surface area (TPSA) is 89.9 Å². The van der Waals surface area contributed by atoms with Crippen molar-refractivity contribution in [3.05, 3.63) is 83.2 Å². The summed E-state index contributed by atoms with van der Waals surface area (Å²) in [5.41, 5.74) is 1.68. The standard InChI is InChI=1S/C28H29N3O5/c1-4-28(20-10-6-5-7-11-20)26(33)31(27(34)29-28)16-23(32)22-14-18(2)30(19(22)3)15-21-17-35-24-12-8-9-13-25(24)36-21/h5-14,21H,4,15-17H2,1-3H3,(H,29,34)/t21-,28-/m1/s1. The summed E-state index contributed by atoms with van der Waals surface area (Å²) in [6.45, 7) is 6.23. The molecule has 0 bridgehead atoms. The van der Waals surface area contributed by atoms with Gasteiger partial charge in [0.25, 0.3) is 5.91 Å². The van der Waals surface area contributed by atoms with Crippen LogP contribution in [0.2, 0.25) is 0 Å². The molecule has 186 valence electrons. The maximum Gasteiger partial charge on any atom is 0.325 e. The molecule has 2 atom stereocenters. The summed E-state index contributed by atoms with van der Waals surface area (Å²) >= 11 is 0. The molecule has 8 heteroatoms. The Morgan fingerprint density at radius 3 is 2.47 bits per heavy atom. The lowest BCUT2D eigenvalue weighted by molar-refractivity contribution is -0.131. The molecule has 1 fully saturated rings. The molecule has 2 aromatic carbocycles. The number of benzene rings is 2. The van der Waals surface area contributed by atoms with Gasteiger partial charge in [-0.15, -0.1) is 0 Å². The summed E-state index contributed by atoms with van der Waals surface area (Å²) < 4.78 is 13.9. The molecule has 1 saturated heterocycles. The molecule has 8 nitrogen and oxygen atoms in total. The van der Waals surface area contributed by atoms with Crippen LogP contribution in [0, 0.1) is 13.8 Å². The van der Waals surface area contributed by atoms with Crippen molar-refractivity contribution >= 4 is 17.7 Å². The fourth-order valence-corrected chi connectivity index (χ4v) is 5.08. The quantitative estimate of drug-likeness (QED) is 0.402. The highest BCUT2D eigenvalue weighted by atomic mass is 16.6. The van der Waals surface area contributed by atoms with Crippen LogP contribution in [0.3, 0.4) is 0 Å². The first-order valence-electron chi connectivity index (χ1n) is 12.1. The monoisotopic (exact) mass is 487 g/mol. The Balaban J connectivity index is 1.33. The lowest BCUT2D eigenvalue weighted by Crippen LogP contribution is -2.43. The number of Topliss-reactive ketones (excluding diaryl/α,β-unsaturated/α-hetero) is 1. The molecule has 2 aliphatic heterocycles. The molecule has 3 heterocycles. The number of aryl methyl sites for hydroxylation is 1. The van der Waals surface area contributed by atoms with Crippen LogP contribution in [0.4, 0.5) is 4.79 Å². The predicted molar refractivity (Wildman–Crippen MR) is 133 cm³/mol. The number of nitrogens with one attached hydrogen (secondary N) is 1. The number of fused-ring (bicyclic) bond motifs is 1. The Morgan fingerprint density at radius 1 is 1.06 bits per heavy atom. The third-order valence-corrected chi connectivity index (χ3v) is 7.10. The predicted octanol–water partition coefficient (Wildman–Crippen LogP) is 3.98. The second kappa shape index (κ2) is 9.18. The normalized spacial score (nSPS) is 21.0. The van der Waals surface area contributed by atoms with E-state index in [0.29, 0.717) is 36.4 Å². The fourth-order valence-electron chi connectivity index (χ4n) is 5.08. The Morgan fingerprint density at radius 2 is 1.75 bits per heavy atom. The molecule has 0 spiro atoms. The molecule has 0 aliphatic carbocycles. The van der Waals surface area contributed by atoms with Crippen molar-refractivity contribution in [3.8, 4) is 11.5 Å². The van der Waals surface area contributed by atoms with E-state index in [2.05, 4.69) is 5.32 Å². The third-order valence-electron chi connectivity index (χ3n) is 7.10. The van der Waals surface area contributed by atoms with Crippen LogP contribution >= 0.6 is 0 Å². The molecule has 3 amide bonds. The maximum absolute atomic E-state index is 13.4. The van der Waals surface area contributed by atoms with Gasteiger partial charge in [0.2, 0.25) is 0 Å². The lowest BCUT2D eigenvalue weighted by atomic mass is 9.87. The van der Waals surface area contributed by atoms with Crippen molar-refractivity contribution in [1.82, 2.24) is 14.8 Å². The number of para-hydroxylation sites is 2. The van der Waals surface area contributed by atoms with E-state index in [1.165, 1.54) is 0 Å². The number of ether oxygens (including phenoxy) is 2. The Kier molecular flexibility index (Phi) is 6.04. The van der Waals surface area contributed by atoms with Gasteiger partial charge in [-0.25, -0.2) is 4.79 Å². The molecule has 3 aromatic rings. The van der Waals surface area contributed by atoms with Crippen molar-refractivity contribution in [2.45, 2.75) is 45.4 Å². The number of nitrogens with zero attached hydrogens (tertiary/aromatic N) is 2. The first-order valence-corrected chi connectivity index (χ1v) is 12.1. The number of rotatable bonds is 7. The summed E-state index contributed by atoms with van der Waals surface area (Å²) in [5.74, 6) is 0.723. The Hall–Kier alpha value is -4.07. The number of hydrogen-bond acceptors (Lipinski definition) is 5. The van der Waals surface area contributed by atoms with Gasteiger partial charge >= 0.3 is 6.03 Å². The average Bonchev–Trinajstić information content (AvgIpc) is 3.32. The molecular formula is C28H29N3O5. The van der Waals surface area contributed by atoms with E-state index < -0.39 is 17.5 Å². The number of carbonyl (C=O) groups excluding carboxylic acids is 3. The van der Waals surface area contributed by atoms with Gasteiger partial charge in [-0.05, 0) is 44.0 Å². The van der Waals surface area contributed by atoms with E-state index in [4.69, 9.17) is 9.47 Å². The van der Waals surface area contributed by atoms with Gasteiger partial charge in [0.15, 0.2) is 23.4 Å². The molecule has 0 unspecified atom stereocenters. The summed E-state index contributed by atoms with van der Waals surface area (Å²) in [4.78, 5) is 40.6. The van der Waals surface area contributed by atoms with E-state index in [1.807, 2.05) is 79.9 Å². The van der Waals surface area contributed by atoms with E-state index in [0.717, 1.165) is 22.0 Å². The van der Waals surface area contributed by atoms with Crippen LogP contribution in [0.25, 0.3) is 0 Å². The summed E-state index contributed by atoms with van der Waals surface area (Å²) in [7, 11) is 0. The number of hydrogen-bond donors (Lipinski definition) is 1. The number of aromatic nitrogens is 1. The average molecular weight is 488 g/mol. The van der Waals surface area contributed by atoms with Crippen LogP contribution < -0.4 is 14.8 Å². The summed E-state index contributed by atoms with van der Waals surface area (Å²) in [5, 5.41) is 2.83. The molecule has 2 aliphatic rings. The lowest BCUT2D eigenvalue weighted by Gasteiger charge is -2.27. The minimum atomic E-state index is -1.16. The molecule has 0 radical (unpaired) electrons. The van der Waals surface area contributed by atoms with Crippen molar-refractivity contribution in [2.24, 2.45) is 0 Å². The minimum Gasteiger partial charge on any atom is -0.486 e. The number of imide groups is 1. The first-order chi connectivity index (χ1) is 17.3. The number of urea groups is 1. The molecule has 1 aromatic heterocycles. The number of ketones is 1. The second-order valence-corrected chi connectivity index (χ2v) is 9.26. The van der Waals surface area contributed by atoms with E-state index in [-0.39, 0.29) is 18.4 Å². The molecule has 1 N–H and O–H groups in total. The largest absolute Gasteiger partial charge is 0.486 e. The minimum absolute atomic E-state index is 0.213. The zero-order valence-corrected chi connectivity index (χ0v) is 20.6. The van der Waals surface area contributed by atoms with Crippen molar-refractivity contribution in [3.63, 3.8) is 0 Å². The van der Waals surface area contributed by atoms with Gasteiger partial charge in [0, 0.05) is 17.0 Å². The molecule has 5 rings (SSSR count). The fraction of sp³-hybridized carbons (Fsp3) is 0.321. The SMILES string of the molecule is CC[C@]1(c2ccccc2)NC(=O)N(CC(=O)c2cc(C)n(C[C@@H]3COc4ccccc4O3)c2C)C1=O. The van der Waals surface area contributed by atoms with Crippen molar-refractivity contribution < 1.29 is 23.9 Å². The van der Waals surface area contributed by atoms with Crippen LogP contribution in [0.1, 0.15) is 40.7 Å². The second-order valence-electron chi connectivity index (χ2n) is 9.26. The van der Waals surface area contributed by atoms with Crippen LogP contribution in [0.15, 0.2) is 60.7 Å². The van der Waals surface area contributed by atoms with Crippen LogP contribution in [-0.4, -0.2) is 46.4 Å². The highest BCUT2D eigenvalue weighted by Crippen LogP contribution is 2.33. The van der Waals surface area contributed by atoms with E-state index >= 15 is 0 Å². The molecule has 36 heavy (non-hydrogen) atoms. The zero-order valence-electron chi connectivity index (χ0n) is 20.6. The van der Waals surface area contributed by atoms with E-state index in [1.54, 1.807) is 6.07 Å². The van der Waals surface area contributed by atoms with Crippen molar-refractivity contribution in [2.75, 3.05) is 13.2 Å². The van der Waals surface area contributed by atoms with Gasteiger partial charge in [-0.3, -0.25) is 14.5 Å². The van der Waals surface area contributed by atoms with Gasteiger partial charge in [0.1, 0.15) is 12.1 Å². The number of carbonyl (C=O) groups is 3. The Bertz CT molecular complexity index is 1330. The van der Waals surface area contributed by atoms with Crippen LogP contribution in [0.5, 0.6) is 11.5 Å².